The molecule has 0 radical (unpaired) electrons. The molecule has 3 aromatic heterocycles. The monoisotopic (exact) mass is 425 g/mol. The highest BCUT2D eigenvalue weighted by Crippen LogP contribution is 2.24. The number of hydrogen-bond acceptors (Lipinski definition) is 5. The first kappa shape index (κ1) is 13.2. The van der Waals surface area contributed by atoms with Gasteiger partial charge in [0.25, 0.3) is 0 Å². The molecule has 0 saturated carbocycles. The molecule has 0 bridgehead atoms. The summed E-state index contributed by atoms with van der Waals surface area (Å²) in [5.41, 5.74) is 6.68. The lowest BCUT2D eigenvalue weighted by Gasteiger charge is -1.90. The number of nitrogen functional groups attached to an aromatic ring is 1. The fourth-order valence-corrected chi connectivity index (χ4v) is 6.79. The first-order valence-electron chi connectivity index (χ1n) is 6.18. The van der Waals surface area contributed by atoms with E-state index in [1.807, 2.05) is 17.5 Å². The highest BCUT2D eigenvalue weighted by atomic mass is 127. The molecule has 0 atom stereocenters. The third kappa shape index (κ3) is 2.68. The summed E-state index contributed by atoms with van der Waals surface area (Å²) < 4.78 is 5.83. The summed E-state index contributed by atoms with van der Waals surface area (Å²) in [6.07, 6.45) is 1.84. The maximum Gasteiger partial charge on any atom is 0.369 e. The van der Waals surface area contributed by atoms with Crippen LogP contribution >= 0.6 is 22.7 Å². The molecule has 0 fully saturated rings. The molecule has 0 aliphatic heterocycles. The zero-order valence-electron chi connectivity index (χ0n) is 10.7. The van der Waals surface area contributed by atoms with Crippen molar-refractivity contribution in [1.29, 1.82) is 0 Å². The topological polar surface area (TPSA) is 56.7 Å². The fourth-order valence-electron chi connectivity index (χ4n) is 1.91. The van der Waals surface area contributed by atoms with Crippen LogP contribution in [-0.4, -0.2) is 14.8 Å². The second-order valence-electron chi connectivity index (χ2n) is 4.31. The maximum atomic E-state index is 5.66. The van der Waals surface area contributed by atoms with Crippen molar-refractivity contribution in [3.63, 3.8) is 0 Å². The van der Waals surface area contributed by atoms with E-state index in [4.69, 9.17) is 5.73 Å². The number of fused-ring (bicyclic) bond motifs is 1. The van der Waals surface area contributed by atoms with Crippen LogP contribution in [0.2, 0.25) is 0 Å². The zero-order chi connectivity index (χ0) is 14.2. The normalized spacial score (nSPS) is 11.2. The van der Waals surface area contributed by atoms with Crippen LogP contribution in [0.5, 0.6) is 0 Å². The Bertz CT molecular complexity index is 895. The molecule has 4 rings (SSSR count). The van der Waals surface area contributed by atoms with Gasteiger partial charge in [0.05, 0.1) is 10.2 Å². The van der Waals surface area contributed by atoms with Crippen molar-refractivity contribution in [2.75, 3.05) is 5.73 Å². The highest BCUT2D eigenvalue weighted by Gasteiger charge is 2.18. The first-order chi connectivity index (χ1) is 10.3. The average molecular weight is 425 g/mol. The number of anilines is 1. The van der Waals surface area contributed by atoms with E-state index in [-0.39, 0.29) is 21.2 Å². The van der Waals surface area contributed by atoms with E-state index >= 15 is 0 Å². The molecule has 0 aliphatic rings. The quantitative estimate of drug-likeness (QED) is 0.479. The second-order valence-corrected chi connectivity index (χ2v) is 9.94. The van der Waals surface area contributed by atoms with E-state index < -0.39 is 0 Å². The van der Waals surface area contributed by atoms with Gasteiger partial charge in [0.1, 0.15) is 5.82 Å². The Labute approximate surface area is 139 Å². The molecule has 104 valence electrons. The Kier molecular flexibility index (Phi) is 3.40. The summed E-state index contributed by atoms with van der Waals surface area (Å²) in [7, 11) is 0. The van der Waals surface area contributed by atoms with Gasteiger partial charge in [-0.1, -0.05) is 22.7 Å². The van der Waals surface area contributed by atoms with E-state index in [2.05, 4.69) is 45.8 Å². The van der Waals surface area contributed by atoms with Crippen molar-refractivity contribution in [3.05, 3.63) is 54.4 Å². The Morgan fingerprint density at radius 2 is 2.14 bits per heavy atom. The van der Waals surface area contributed by atoms with Gasteiger partial charge < -0.3 is 5.73 Å². The summed E-state index contributed by atoms with van der Waals surface area (Å²) in [4.78, 5) is 4.61. The summed E-state index contributed by atoms with van der Waals surface area (Å²) >= 11 is 3.39. The first-order valence-corrected chi connectivity index (χ1v) is 10.0. The lowest BCUT2D eigenvalue weighted by atomic mass is 10.3. The van der Waals surface area contributed by atoms with Crippen molar-refractivity contribution in [2.24, 2.45) is 0 Å². The molecule has 0 unspecified atom stereocenters. The number of nitrogens with two attached hydrogens (primary N) is 1. The van der Waals surface area contributed by atoms with E-state index in [0.717, 1.165) is 10.6 Å². The van der Waals surface area contributed by atoms with Crippen LogP contribution in [0.4, 0.5) is 5.82 Å². The third-order valence-corrected chi connectivity index (χ3v) is 7.96. The number of thiazole rings is 1. The minimum atomic E-state index is -0.0954. The molecular formula is C14H10IN4S2+. The molecule has 7 heteroatoms. The number of thiophene rings is 1. The van der Waals surface area contributed by atoms with Gasteiger partial charge in [-0.3, -0.25) is 0 Å². The van der Waals surface area contributed by atoms with Crippen LogP contribution in [0.1, 0.15) is 0 Å². The standard InChI is InChI=1S/C14H10IN4S2/c16-13-5-6-19(18-13)14-17-10-4-3-9(8-11(10)21-14)15-12-2-1-7-20-12/h1-8H,(H2,16,18)/q+1. The zero-order valence-corrected chi connectivity index (χ0v) is 14.5. The Balaban J connectivity index is 1.71. The van der Waals surface area contributed by atoms with Crippen LogP contribution in [0.15, 0.2) is 48.0 Å². The van der Waals surface area contributed by atoms with Gasteiger partial charge in [-0.05, 0) is 23.6 Å². The number of nitrogens with zero attached hydrogens (tertiary/aromatic N) is 3. The van der Waals surface area contributed by atoms with Crippen LogP contribution in [0.25, 0.3) is 15.3 Å². The smallest absolute Gasteiger partial charge is 0.369 e. The molecule has 3 heterocycles. The molecule has 0 saturated heterocycles. The van der Waals surface area contributed by atoms with E-state index in [1.54, 1.807) is 22.1 Å². The maximum absolute atomic E-state index is 5.66. The van der Waals surface area contributed by atoms with Crippen LogP contribution in [-0.2, 0) is 0 Å². The Hall–Kier alpha value is -1.45. The summed E-state index contributed by atoms with van der Waals surface area (Å²) in [6, 6.07) is 12.7. The van der Waals surface area contributed by atoms with E-state index in [9.17, 15) is 0 Å². The predicted octanol–water partition coefficient (Wildman–Crippen LogP) is 0.254. The lowest BCUT2D eigenvalue weighted by molar-refractivity contribution is -0.591. The number of hydrogen-bond donors (Lipinski definition) is 1. The van der Waals surface area contributed by atoms with Crippen molar-refractivity contribution < 1.29 is 21.2 Å². The predicted molar refractivity (Wildman–Crippen MR) is 82.9 cm³/mol. The molecule has 2 N–H and O–H groups in total. The SMILES string of the molecule is Nc1ccn(-c2nc3ccc([I+]c4cccs4)cc3s2)n1. The van der Waals surface area contributed by atoms with E-state index in [0.29, 0.717) is 5.82 Å². The molecule has 0 spiro atoms. The van der Waals surface area contributed by atoms with Crippen molar-refractivity contribution in [3.8, 4) is 5.13 Å². The van der Waals surface area contributed by atoms with Gasteiger partial charge in [0, 0.05) is 24.4 Å². The highest BCUT2D eigenvalue weighted by molar-refractivity contribution is 7.20. The third-order valence-electron chi connectivity index (χ3n) is 2.83. The van der Waals surface area contributed by atoms with Crippen molar-refractivity contribution in [2.45, 2.75) is 0 Å². The molecule has 1 aromatic carbocycles. The molecule has 21 heavy (non-hydrogen) atoms. The molecule has 0 aliphatic carbocycles. The van der Waals surface area contributed by atoms with Crippen LogP contribution in [0.3, 0.4) is 0 Å². The van der Waals surface area contributed by atoms with Gasteiger partial charge in [0.2, 0.25) is 8.02 Å². The Morgan fingerprint density at radius 1 is 1.19 bits per heavy atom. The summed E-state index contributed by atoms with van der Waals surface area (Å²) in [5, 5.41) is 7.20. The van der Waals surface area contributed by atoms with E-state index in [1.165, 1.54) is 11.2 Å². The average Bonchev–Trinajstić information content (AvgIpc) is 3.18. The minimum Gasteiger partial charge on any atom is -0.382 e. The number of aromatic nitrogens is 3. The molecule has 4 nitrogen and oxygen atoms in total. The molecule has 0 amide bonds. The van der Waals surface area contributed by atoms with Crippen molar-refractivity contribution >= 4 is 38.7 Å². The van der Waals surface area contributed by atoms with Gasteiger partial charge >= 0.3 is 21.2 Å². The van der Waals surface area contributed by atoms with Crippen LogP contribution < -0.4 is 26.9 Å². The van der Waals surface area contributed by atoms with Crippen molar-refractivity contribution in [1.82, 2.24) is 14.8 Å². The van der Waals surface area contributed by atoms with Gasteiger partial charge in [-0.15, -0.1) is 5.10 Å². The van der Waals surface area contributed by atoms with Gasteiger partial charge in [-0.25, -0.2) is 9.67 Å². The number of benzene rings is 1. The molecular weight excluding hydrogens is 415 g/mol. The number of rotatable bonds is 3. The summed E-state index contributed by atoms with van der Waals surface area (Å²) in [5.74, 6) is 0.513. The largest absolute Gasteiger partial charge is 0.382 e. The summed E-state index contributed by atoms with van der Waals surface area (Å²) in [6.45, 7) is 0. The van der Waals surface area contributed by atoms with Gasteiger partial charge in [-0.2, -0.15) is 0 Å². The lowest BCUT2D eigenvalue weighted by Crippen LogP contribution is -3.61. The molecule has 4 aromatic rings. The van der Waals surface area contributed by atoms with Gasteiger partial charge in [0.15, 0.2) is 3.57 Å². The van der Waals surface area contributed by atoms with Crippen LogP contribution in [0, 0.1) is 6.45 Å². The minimum absolute atomic E-state index is 0.0954. The number of halogens is 1. The fraction of sp³-hybridized carbons (Fsp3) is 0. The Morgan fingerprint density at radius 3 is 2.90 bits per heavy atom. The second kappa shape index (κ2) is 5.39.